The summed E-state index contributed by atoms with van der Waals surface area (Å²) in [5, 5.41) is 3.46. The average molecular weight is 408 g/mol. The monoisotopic (exact) mass is 408 g/mol. The predicted octanol–water partition coefficient (Wildman–Crippen LogP) is 2.78. The molecule has 0 aromatic heterocycles. The Balaban J connectivity index is 0.00000220. The third-order valence-electron chi connectivity index (χ3n) is 4.74. The van der Waals surface area contributed by atoms with Crippen molar-refractivity contribution in [2.75, 3.05) is 33.2 Å². The lowest BCUT2D eigenvalue weighted by molar-refractivity contribution is 0.249. The summed E-state index contributed by atoms with van der Waals surface area (Å²) in [4.78, 5) is 9.81. The average Bonchev–Trinajstić information content (AvgIpc) is 3.28. The molecule has 0 amide bonds. The van der Waals surface area contributed by atoms with E-state index in [0.717, 1.165) is 44.1 Å². The molecule has 0 aromatic carbocycles. The van der Waals surface area contributed by atoms with Crippen LogP contribution < -0.4 is 5.32 Å². The first-order chi connectivity index (χ1) is 9.61. The smallest absolute Gasteiger partial charge is 0.193 e. The van der Waals surface area contributed by atoms with E-state index in [1.54, 1.807) is 0 Å². The molecule has 1 atom stereocenters. The molecule has 0 spiro atoms. The van der Waals surface area contributed by atoms with Crippen LogP contribution in [0.4, 0.5) is 0 Å². The lowest BCUT2D eigenvalue weighted by Crippen LogP contribution is -2.46. The van der Waals surface area contributed by atoms with Gasteiger partial charge in [-0.25, -0.2) is 0 Å². The van der Waals surface area contributed by atoms with E-state index in [4.69, 9.17) is 4.99 Å². The highest BCUT2D eigenvalue weighted by Gasteiger charge is 2.29. The van der Waals surface area contributed by atoms with Crippen LogP contribution in [0.1, 0.15) is 46.5 Å². The van der Waals surface area contributed by atoms with Gasteiger partial charge in [-0.1, -0.05) is 6.92 Å². The molecular weight excluding hydrogens is 375 g/mol. The fourth-order valence-corrected chi connectivity index (χ4v) is 2.84. The van der Waals surface area contributed by atoms with Crippen molar-refractivity contribution >= 4 is 29.9 Å². The van der Waals surface area contributed by atoms with Crippen molar-refractivity contribution in [3.05, 3.63) is 0 Å². The van der Waals surface area contributed by atoms with Gasteiger partial charge in [0.25, 0.3) is 0 Å². The largest absolute Gasteiger partial charge is 0.357 e. The van der Waals surface area contributed by atoms with E-state index in [-0.39, 0.29) is 24.0 Å². The molecule has 0 bridgehead atoms. The van der Waals surface area contributed by atoms with Gasteiger partial charge >= 0.3 is 0 Å². The first kappa shape index (κ1) is 19.0. The lowest BCUT2D eigenvalue weighted by Gasteiger charge is -2.33. The van der Waals surface area contributed by atoms with Gasteiger partial charge in [-0.15, -0.1) is 24.0 Å². The molecule has 0 radical (unpaired) electrons. The summed E-state index contributed by atoms with van der Waals surface area (Å²) in [6.45, 7) is 11.0. The van der Waals surface area contributed by atoms with E-state index in [9.17, 15) is 0 Å². The summed E-state index contributed by atoms with van der Waals surface area (Å²) >= 11 is 0. The molecule has 124 valence electrons. The van der Waals surface area contributed by atoms with Crippen LogP contribution in [-0.2, 0) is 0 Å². The van der Waals surface area contributed by atoms with Crippen LogP contribution in [0.25, 0.3) is 0 Å². The molecule has 1 saturated heterocycles. The van der Waals surface area contributed by atoms with Gasteiger partial charge in [0.15, 0.2) is 5.96 Å². The number of hydrogen-bond acceptors (Lipinski definition) is 2. The fraction of sp³-hybridized carbons (Fsp3) is 0.938. The maximum absolute atomic E-state index is 4.88. The fourth-order valence-electron chi connectivity index (χ4n) is 2.84. The van der Waals surface area contributed by atoms with Crippen molar-refractivity contribution in [2.45, 2.75) is 58.5 Å². The highest BCUT2D eigenvalue weighted by atomic mass is 127. The third-order valence-corrected chi connectivity index (χ3v) is 4.74. The van der Waals surface area contributed by atoms with Crippen LogP contribution in [0.2, 0.25) is 0 Å². The van der Waals surface area contributed by atoms with E-state index in [1.807, 2.05) is 0 Å². The molecule has 1 saturated carbocycles. The van der Waals surface area contributed by atoms with Crippen molar-refractivity contribution < 1.29 is 0 Å². The number of hydrogen-bond donors (Lipinski definition) is 1. The molecule has 1 N–H and O–H groups in total. The minimum atomic E-state index is 0. The Kier molecular flexibility index (Phi) is 8.31. The van der Waals surface area contributed by atoms with Crippen LogP contribution in [0, 0.1) is 5.92 Å². The Labute approximate surface area is 147 Å². The van der Waals surface area contributed by atoms with Gasteiger partial charge in [-0.3, -0.25) is 9.89 Å². The standard InChI is InChI=1S/C16H32N4.HI/c1-5-17-16(20-10-8-13(2)9-11-20)18-12-14(3)19(4)15-6-7-15;/h13-15H,5-12H2,1-4H3,(H,17,18);1H. The SMILES string of the molecule is CCNC(=NCC(C)N(C)C1CC1)N1CCC(C)CC1.I. The Morgan fingerprint density at radius 2 is 1.90 bits per heavy atom. The van der Waals surface area contributed by atoms with Crippen molar-refractivity contribution in [2.24, 2.45) is 10.9 Å². The molecule has 1 aliphatic heterocycles. The maximum Gasteiger partial charge on any atom is 0.193 e. The van der Waals surface area contributed by atoms with Gasteiger partial charge < -0.3 is 10.2 Å². The first-order valence-corrected chi connectivity index (χ1v) is 8.37. The van der Waals surface area contributed by atoms with E-state index < -0.39 is 0 Å². The highest BCUT2D eigenvalue weighted by molar-refractivity contribution is 14.0. The van der Waals surface area contributed by atoms with Crippen molar-refractivity contribution in [1.29, 1.82) is 0 Å². The second-order valence-corrected chi connectivity index (χ2v) is 6.61. The zero-order valence-corrected chi connectivity index (χ0v) is 16.5. The normalized spacial score (nSPS) is 22.1. The number of likely N-dealkylation sites (tertiary alicyclic amines) is 1. The molecule has 1 aliphatic carbocycles. The van der Waals surface area contributed by atoms with Crippen LogP contribution in [-0.4, -0.2) is 61.1 Å². The number of aliphatic imine (C=N–C) groups is 1. The van der Waals surface area contributed by atoms with Crippen molar-refractivity contribution in [1.82, 2.24) is 15.1 Å². The molecule has 5 heteroatoms. The summed E-state index contributed by atoms with van der Waals surface area (Å²) < 4.78 is 0. The predicted molar refractivity (Wildman–Crippen MR) is 102 cm³/mol. The quantitative estimate of drug-likeness (QED) is 0.431. The molecule has 1 heterocycles. The lowest BCUT2D eigenvalue weighted by atomic mass is 10.00. The second-order valence-electron chi connectivity index (χ2n) is 6.61. The molecule has 2 aliphatic rings. The van der Waals surface area contributed by atoms with E-state index >= 15 is 0 Å². The van der Waals surface area contributed by atoms with Gasteiger partial charge in [-0.2, -0.15) is 0 Å². The maximum atomic E-state index is 4.88. The Morgan fingerprint density at radius 3 is 2.43 bits per heavy atom. The number of piperidine rings is 1. The van der Waals surface area contributed by atoms with E-state index in [0.29, 0.717) is 6.04 Å². The van der Waals surface area contributed by atoms with Gasteiger partial charge in [0, 0.05) is 31.7 Å². The Hall–Kier alpha value is -0.0400. The molecule has 21 heavy (non-hydrogen) atoms. The van der Waals surface area contributed by atoms with Gasteiger partial charge in [0.05, 0.1) is 6.54 Å². The highest BCUT2D eigenvalue weighted by Crippen LogP contribution is 2.27. The number of likely N-dealkylation sites (N-methyl/N-ethyl adjacent to an activating group) is 1. The minimum Gasteiger partial charge on any atom is -0.357 e. The number of nitrogens with zero attached hydrogens (tertiary/aromatic N) is 3. The molecule has 0 aromatic rings. The second kappa shape index (κ2) is 9.18. The van der Waals surface area contributed by atoms with Crippen LogP contribution in [0.3, 0.4) is 0 Å². The molecular formula is C16H33IN4. The van der Waals surface area contributed by atoms with E-state index in [1.165, 1.54) is 25.7 Å². The van der Waals surface area contributed by atoms with Gasteiger partial charge in [0.2, 0.25) is 0 Å². The van der Waals surface area contributed by atoms with Crippen molar-refractivity contribution in [3.8, 4) is 0 Å². The summed E-state index contributed by atoms with van der Waals surface area (Å²) in [6.07, 6.45) is 5.33. The summed E-state index contributed by atoms with van der Waals surface area (Å²) in [6, 6.07) is 1.36. The topological polar surface area (TPSA) is 30.9 Å². The number of nitrogens with one attached hydrogen (secondary N) is 1. The third kappa shape index (κ3) is 5.93. The molecule has 1 unspecified atom stereocenters. The zero-order chi connectivity index (χ0) is 14.5. The van der Waals surface area contributed by atoms with Crippen molar-refractivity contribution in [3.63, 3.8) is 0 Å². The van der Waals surface area contributed by atoms with Crippen LogP contribution >= 0.6 is 24.0 Å². The summed E-state index contributed by atoms with van der Waals surface area (Å²) in [7, 11) is 2.24. The van der Waals surface area contributed by atoms with Gasteiger partial charge in [-0.05, 0) is 52.5 Å². The van der Waals surface area contributed by atoms with Crippen LogP contribution in [0.5, 0.6) is 0 Å². The van der Waals surface area contributed by atoms with E-state index in [2.05, 4.69) is 42.9 Å². The zero-order valence-electron chi connectivity index (χ0n) is 14.1. The Bertz CT molecular complexity index is 322. The number of halogens is 1. The summed E-state index contributed by atoms with van der Waals surface area (Å²) in [5.41, 5.74) is 0. The number of rotatable bonds is 5. The molecule has 2 rings (SSSR count). The Morgan fingerprint density at radius 1 is 1.29 bits per heavy atom. The number of guanidine groups is 1. The van der Waals surface area contributed by atoms with Gasteiger partial charge in [0.1, 0.15) is 0 Å². The summed E-state index contributed by atoms with van der Waals surface area (Å²) in [5.74, 6) is 1.99. The first-order valence-electron chi connectivity index (χ1n) is 8.37. The molecule has 2 fully saturated rings. The molecule has 4 nitrogen and oxygen atoms in total. The minimum absolute atomic E-state index is 0. The van der Waals surface area contributed by atoms with Crippen LogP contribution in [0.15, 0.2) is 4.99 Å².